The monoisotopic (exact) mass is 258 g/mol. The fraction of sp³-hybridized carbons (Fsp3) is 0.308. The fourth-order valence-electron chi connectivity index (χ4n) is 2.27. The molecule has 1 aliphatic rings. The van der Waals surface area contributed by atoms with Crippen molar-refractivity contribution in [3.8, 4) is 5.69 Å². The molecule has 0 radical (unpaired) electrons. The second-order valence-corrected chi connectivity index (χ2v) is 4.45. The van der Waals surface area contributed by atoms with Gasteiger partial charge in [0.1, 0.15) is 6.61 Å². The molecule has 6 nitrogen and oxygen atoms in total. The van der Waals surface area contributed by atoms with E-state index in [1.165, 1.54) is 7.11 Å². The molecule has 1 amide bonds. The van der Waals surface area contributed by atoms with Crippen LogP contribution in [0.1, 0.15) is 11.3 Å². The molecule has 0 fully saturated rings. The zero-order valence-corrected chi connectivity index (χ0v) is 10.6. The Morgan fingerprint density at radius 2 is 2.21 bits per heavy atom. The topological polar surface area (TPSA) is 60.2 Å². The van der Waals surface area contributed by atoms with Crippen molar-refractivity contribution in [3.63, 3.8) is 0 Å². The van der Waals surface area contributed by atoms with Crippen LogP contribution in [0.3, 0.4) is 0 Å². The molecule has 0 saturated carbocycles. The Morgan fingerprint density at radius 3 is 3.05 bits per heavy atom. The maximum atomic E-state index is 12.0. The van der Waals surface area contributed by atoms with Crippen molar-refractivity contribution in [3.05, 3.63) is 41.7 Å². The number of nitrogens with zero attached hydrogens (tertiary/aromatic N) is 4. The number of benzene rings is 1. The van der Waals surface area contributed by atoms with E-state index in [0.717, 1.165) is 16.9 Å². The van der Waals surface area contributed by atoms with Crippen LogP contribution in [0.5, 0.6) is 0 Å². The molecule has 0 aliphatic carbocycles. The largest absolute Gasteiger partial charge is 0.375 e. The van der Waals surface area contributed by atoms with Gasteiger partial charge in [-0.3, -0.25) is 4.79 Å². The van der Waals surface area contributed by atoms with Crippen molar-refractivity contribution in [2.45, 2.75) is 13.1 Å². The molecule has 98 valence electrons. The Hall–Kier alpha value is -2.21. The number of fused-ring (bicyclic) bond motifs is 3. The standard InChI is InChI=1S/C13H14N4O2/c1-19-9-13(18)16-7-10-4-2-3-5-12(10)17-11(8-16)6-14-15-17/h2-6H,7-9H2,1H3. The van der Waals surface area contributed by atoms with Gasteiger partial charge in [-0.2, -0.15) is 0 Å². The summed E-state index contributed by atoms with van der Waals surface area (Å²) in [6.45, 7) is 1.13. The highest BCUT2D eigenvalue weighted by Crippen LogP contribution is 2.22. The molecular weight excluding hydrogens is 244 g/mol. The maximum Gasteiger partial charge on any atom is 0.249 e. The number of rotatable bonds is 2. The van der Waals surface area contributed by atoms with Gasteiger partial charge in [0.15, 0.2) is 0 Å². The highest BCUT2D eigenvalue weighted by Gasteiger charge is 2.23. The Kier molecular flexibility index (Phi) is 3.00. The van der Waals surface area contributed by atoms with E-state index >= 15 is 0 Å². The van der Waals surface area contributed by atoms with E-state index < -0.39 is 0 Å². The third-order valence-electron chi connectivity index (χ3n) is 3.17. The van der Waals surface area contributed by atoms with Gasteiger partial charge in [-0.25, -0.2) is 4.68 Å². The van der Waals surface area contributed by atoms with E-state index in [1.54, 1.807) is 15.8 Å². The quantitative estimate of drug-likeness (QED) is 0.797. The molecule has 0 spiro atoms. The zero-order valence-electron chi connectivity index (χ0n) is 10.6. The molecular formula is C13H14N4O2. The van der Waals surface area contributed by atoms with Crippen LogP contribution in [-0.4, -0.2) is 39.5 Å². The summed E-state index contributed by atoms with van der Waals surface area (Å²) in [5, 5.41) is 8.02. The predicted octanol–water partition coefficient (Wildman–Crippen LogP) is 0.756. The van der Waals surface area contributed by atoms with Gasteiger partial charge in [-0.1, -0.05) is 23.4 Å². The van der Waals surface area contributed by atoms with Crippen molar-refractivity contribution >= 4 is 5.91 Å². The molecule has 1 aliphatic heterocycles. The molecule has 0 saturated heterocycles. The average Bonchev–Trinajstić information content (AvgIpc) is 2.81. The third kappa shape index (κ3) is 2.10. The van der Waals surface area contributed by atoms with Gasteiger partial charge < -0.3 is 9.64 Å². The SMILES string of the molecule is COCC(=O)N1Cc2ccccc2-n2nncc2C1. The van der Waals surface area contributed by atoms with Crippen LogP contribution in [-0.2, 0) is 22.6 Å². The summed E-state index contributed by atoms with van der Waals surface area (Å²) in [6.07, 6.45) is 1.69. The number of carbonyl (C=O) groups is 1. The Bertz CT molecular complexity index is 608. The number of hydrogen-bond donors (Lipinski definition) is 0. The maximum absolute atomic E-state index is 12.0. The lowest BCUT2D eigenvalue weighted by molar-refractivity contribution is -0.136. The molecule has 6 heteroatoms. The molecule has 0 N–H and O–H groups in total. The van der Waals surface area contributed by atoms with E-state index in [0.29, 0.717) is 13.1 Å². The van der Waals surface area contributed by atoms with E-state index in [4.69, 9.17) is 4.74 Å². The van der Waals surface area contributed by atoms with Gasteiger partial charge in [0.25, 0.3) is 0 Å². The van der Waals surface area contributed by atoms with Crippen LogP contribution in [0.25, 0.3) is 5.69 Å². The first-order chi connectivity index (χ1) is 9.29. The number of amides is 1. The van der Waals surface area contributed by atoms with Crippen LogP contribution in [0.15, 0.2) is 30.5 Å². The number of hydrogen-bond acceptors (Lipinski definition) is 4. The van der Waals surface area contributed by atoms with Crippen LogP contribution < -0.4 is 0 Å². The smallest absolute Gasteiger partial charge is 0.249 e. The highest BCUT2D eigenvalue weighted by atomic mass is 16.5. The van der Waals surface area contributed by atoms with Crippen molar-refractivity contribution in [2.24, 2.45) is 0 Å². The molecule has 1 aromatic carbocycles. The van der Waals surface area contributed by atoms with Crippen LogP contribution >= 0.6 is 0 Å². The van der Waals surface area contributed by atoms with Crippen molar-refractivity contribution in [1.29, 1.82) is 0 Å². The number of para-hydroxylation sites is 1. The molecule has 2 aromatic rings. The summed E-state index contributed by atoms with van der Waals surface area (Å²) in [5.41, 5.74) is 2.92. The summed E-state index contributed by atoms with van der Waals surface area (Å²) in [7, 11) is 1.52. The van der Waals surface area contributed by atoms with Crippen molar-refractivity contribution in [2.75, 3.05) is 13.7 Å². The molecule has 3 rings (SSSR count). The lowest BCUT2D eigenvalue weighted by Crippen LogP contribution is -2.32. The fourth-order valence-corrected chi connectivity index (χ4v) is 2.27. The average molecular weight is 258 g/mol. The normalized spacial score (nSPS) is 13.6. The highest BCUT2D eigenvalue weighted by molar-refractivity contribution is 5.77. The van der Waals surface area contributed by atoms with Crippen molar-refractivity contribution < 1.29 is 9.53 Å². The summed E-state index contributed by atoms with van der Waals surface area (Å²) >= 11 is 0. The van der Waals surface area contributed by atoms with E-state index in [9.17, 15) is 4.79 Å². The number of ether oxygens (including phenoxy) is 1. The first-order valence-corrected chi connectivity index (χ1v) is 6.04. The minimum atomic E-state index is -0.0352. The second-order valence-electron chi connectivity index (χ2n) is 4.45. The van der Waals surface area contributed by atoms with Gasteiger partial charge in [-0.15, -0.1) is 5.10 Å². The van der Waals surface area contributed by atoms with Gasteiger partial charge >= 0.3 is 0 Å². The summed E-state index contributed by atoms with van der Waals surface area (Å²) < 4.78 is 6.71. The molecule has 1 aromatic heterocycles. The zero-order chi connectivity index (χ0) is 13.2. The van der Waals surface area contributed by atoms with Crippen LogP contribution in [0.4, 0.5) is 0 Å². The summed E-state index contributed by atoms with van der Waals surface area (Å²) in [6, 6.07) is 7.90. The van der Waals surface area contributed by atoms with Crippen LogP contribution in [0, 0.1) is 0 Å². The number of aromatic nitrogens is 3. The molecule has 2 heterocycles. The first kappa shape index (κ1) is 11.9. The van der Waals surface area contributed by atoms with E-state index in [-0.39, 0.29) is 12.5 Å². The first-order valence-electron chi connectivity index (χ1n) is 6.04. The second kappa shape index (κ2) is 4.81. The lowest BCUT2D eigenvalue weighted by Gasteiger charge is -2.19. The Morgan fingerprint density at radius 1 is 1.37 bits per heavy atom. The summed E-state index contributed by atoms with van der Waals surface area (Å²) in [5.74, 6) is -0.0352. The Labute approximate surface area is 110 Å². The van der Waals surface area contributed by atoms with Gasteiger partial charge in [0.2, 0.25) is 5.91 Å². The molecule has 0 atom stereocenters. The van der Waals surface area contributed by atoms with E-state index in [1.807, 2.05) is 24.3 Å². The minimum Gasteiger partial charge on any atom is -0.375 e. The van der Waals surface area contributed by atoms with Crippen LogP contribution in [0.2, 0.25) is 0 Å². The van der Waals surface area contributed by atoms with Gasteiger partial charge in [-0.05, 0) is 11.6 Å². The number of methoxy groups -OCH3 is 1. The molecule has 0 bridgehead atoms. The lowest BCUT2D eigenvalue weighted by atomic mass is 10.1. The predicted molar refractivity (Wildman–Crippen MR) is 67.5 cm³/mol. The third-order valence-corrected chi connectivity index (χ3v) is 3.17. The molecule has 19 heavy (non-hydrogen) atoms. The summed E-state index contributed by atoms with van der Waals surface area (Å²) in [4.78, 5) is 13.8. The molecule has 0 unspecified atom stereocenters. The van der Waals surface area contributed by atoms with E-state index in [2.05, 4.69) is 10.3 Å². The van der Waals surface area contributed by atoms with Gasteiger partial charge in [0.05, 0.1) is 24.1 Å². The van der Waals surface area contributed by atoms with Gasteiger partial charge in [0, 0.05) is 13.7 Å². The number of carbonyl (C=O) groups excluding carboxylic acids is 1. The Balaban J connectivity index is 2.03. The minimum absolute atomic E-state index is 0.0352. The van der Waals surface area contributed by atoms with Crippen molar-refractivity contribution in [1.82, 2.24) is 19.9 Å².